The predicted octanol–water partition coefficient (Wildman–Crippen LogP) is 3.37. The molecule has 1 aromatic carbocycles. The Morgan fingerprint density at radius 1 is 1.38 bits per heavy atom. The highest BCUT2D eigenvalue weighted by atomic mass is 15.2. The molecule has 1 unspecified atom stereocenters. The van der Waals surface area contributed by atoms with Crippen molar-refractivity contribution in [3.05, 3.63) is 24.3 Å². The van der Waals surface area contributed by atoms with Gasteiger partial charge < -0.3 is 10.3 Å². The molecule has 3 heteroatoms. The summed E-state index contributed by atoms with van der Waals surface area (Å²) in [5.41, 5.74) is 8.11. The number of nitrogen functional groups attached to an aromatic ring is 1. The van der Waals surface area contributed by atoms with Crippen molar-refractivity contribution in [3.63, 3.8) is 0 Å². The van der Waals surface area contributed by atoms with Gasteiger partial charge in [-0.3, -0.25) is 0 Å². The van der Waals surface area contributed by atoms with Gasteiger partial charge in [-0.2, -0.15) is 0 Å². The van der Waals surface area contributed by atoms with Crippen molar-refractivity contribution < 1.29 is 0 Å². The molecular formula is C13H19N3. The number of unbranched alkanes of at least 4 members (excludes halogenated alkanes) is 1. The fraction of sp³-hybridized carbons (Fsp3) is 0.462. The number of para-hydroxylation sites is 2. The van der Waals surface area contributed by atoms with Crippen molar-refractivity contribution in [2.75, 3.05) is 5.73 Å². The summed E-state index contributed by atoms with van der Waals surface area (Å²) in [4.78, 5) is 4.38. The monoisotopic (exact) mass is 217 g/mol. The summed E-state index contributed by atoms with van der Waals surface area (Å²) in [6.45, 7) is 4.42. The average Bonchev–Trinajstić information content (AvgIpc) is 2.62. The lowest BCUT2D eigenvalue weighted by Crippen LogP contribution is -2.08. The van der Waals surface area contributed by atoms with Crippen LogP contribution >= 0.6 is 0 Å². The van der Waals surface area contributed by atoms with Crippen LogP contribution in [0.1, 0.15) is 39.2 Å². The Morgan fingerprint density at radius 3 is 2.88 bits per heavy atom. The number of imidazole rings is 1. The van der Waals surface area contributed by atoms with Crippen LogP contribution in [-0.2, 0) is 0 Å². The summed E-state index contributed by atoms with van der Waals surface area (Å²) in [6.07, 6.45) is 3.60. The number of hydrogen-bond acceptors (Lipinski definition) is 2. The van der Waals surface area contributed by atoms with Gasteiger partial charge in [0, 0.05) is 6.04 Å². The minimum Gasteiger partial charge on any atom is -0.369 e. The van der Waals surface area contributed by atoms with E-state index in [0.29, 0.717) is 12.0 Å². The van der Waals surface area contributed by atoms with Gasteiger partial charge in [0.2, 0.25) is 5.95 Å². The minimum atomic E-state index is 0.423. The van der Waals surface area contributed by atoms with Gasteiger partial charge >= 0.3 is 0 Å². The average molecular weight is 217 g/mol. The maximum atomic E-state index is 5.98. The van der Waals surface area contributed by atoms with Crippen LogP contribution in [0.25, 0.3) is 11.0 Å². The van der Waals surface area contributed by atoms with E-state index in [4.69, 9.17) is 5.73 Å². The molecule has 0 aliphatic heterocycles. The van der Waals surface area contributed by atoms with E-state index in [1.807, 2.05) is 18.2 Å². The standard InChI is InChI=1S/C13H19N3/c1-3-4-7-10(2)16-12-9-6-5-8-11(12)15-13(16)14/h5-6,8-10H,3-4,7H2,1-2H3,(H2,14,15). The van der Waals surface area contributed by atoms with Crippen LogP contribution in [0, 0.1) is 0 Å². The molecule has 3 nitrogen and oxygen atoms in total. The lowest BCUT2D eigenvalue weighted by molar-refractivity contribution is 0.501. The molecule has 0 amide bonds. The molecule has 0 saturated carbocycles. The Labute approximate surface area is 96.3 Å². The Kier molecular flexibility index (Phi) is 3.13. The Morgan fingerprint density at radius 2 is 2.12 bits per heavy atom. The van der Waals surface area contributed by atoms with E-state index in [9.17, 15) is 0 Å². The Bertz CT molecular complexity index is 473. The van der Waals surface area contributed by atoms with E-state index in [-0.39, 0.29) is 0 Å². The number of nitrogens with zero attached hydrogens (tertiary/aromatic N) is 2. The highest BCUT2D eigenvalue weighted by molar-refractivity contribution is 5.78. The fourth-order valence-electron chi connectivity index (χ4n) is 2.15. The van der Waals surface area contributed by atoms with Gasteiger partial charge in [0.05, 0.1) is 11.0 Å². The molecule has 1 heterocycles. The highest BCUT2D eigenvalue weighted by Gasteiger charge is 2.12. The SMILES string of the molecule is CCCCC(C)n1c(N)nc2ccccc21. The molecule has 0 fully saturated rings. The second-order valence-corrected chi connectivity index (χ2v) is 4.32. The predicted molar refractivity (Wildman–Crippen MR) is 68.4 cm³/mol. The smallest absolute Gasteiger partial charge is 0.201 e. The highest BCUT2D eigenvalue weighted by Crippen LogP contribution is 2.25. The van der Waals surface area contributed by atoms with Crippen molar-refractivity contribution in [2.24, 2.45) is 0 Å². The van der Waals surface area contributed by atoms with Crippen molar-refractivity contribution in [1.82, 2.24) is 9.55 Å². The van der Waals surface area contributed by atoms with Crippen LogP contribution in [0.5, 0.6) is 0 Å². The number of anilines is 1. The molecule has 1 atom stereocenters. The van der Waals surface area contributed by atoms with Crippen molar-refractivity contribution in [2.45, 2.75) is 39.2 Å². The lowest BCUT2D eigenvalue weighted by Gasteiger charge is -2.15. The third-order valence-electron chi connectivity index (χ3n) is 3.04. The number of fused-ring (bicyclic) bond motifs is 1. The number of benzene rings is 1. The number of aromatic nitrogens is 2. The Balaban J connectivity index is 2.38. The Hall–Kier alpha value is -1.51. The van der Waals surface area contributed by atoms with E-state index in [1.54, 1.807) is 0 Å². The fourth-order valence-corrected chi connectivity index (χ4v) is 2.15. The van der Waals surface area contributed by atoms with E-state index in [0.717, 1.165) is 17.5 Å². The molecule has 2 aromatic rings. The molecule has 0 saturated heterocycles. The van der Waals surface area contributed by atoms with Gasteiger partial charge in [-0.25, -0.2) is 4.98 Å². The lowest BCUT2D eigenvalue weighted by atomic mass is 10.1. The van der Waals surface area contributed by atoms with Gasteiger partial charge in [-0.1, -0.05) is 31.9 Å². The summed E-state index contributed by atoms with van der Waals surface area (Å²) in [5.74, 6) is 0.629. The first kappa shape index (κ1) is 11.0. The number of rotatable bonds is 4. The van der Waals surface area contributed by atoms with Gasteiger partial charge in [-0.05, 0) is 25.5 Å². The van der Waals surface area contributed by atoms with E-state index in [2.05, 4.69) is 29.5 Å². The van der Waals surface area contributed by atoms with Crippen LogP contribution < -0.4 is 5.73 Å². The molecule has 86 valence electrons. The molecule has 1 aromatic heterocycles. The van der Waals surface area contributed by atoms with E-state index >= 15 is 0 Å². The van der Waals surface area contributed by atoms with E-state index < -0.39 is 0 Å². The molecule has 0 radical (unpaired) electrons. The summed E-state index contributed by atoms with van der Waals surface area (Å²) < 4.78 is 2.14. The van der Waals surface area contributed by atoms with Gasteiger partial charge in [0.25, 0.3) is 0 Å². The first-order valence-corrected chi connectivity index (χ1v) is 5.96. The molecule has 2 N–H and O–H groups in total. The maximum absolute atomic E-state index is 5.98. The topological polar surface area (TPSA) is 43.8 Å². The van der Waals surface area contributed by atoms with Crippen LogP contribution in [0.15, 0.2) is 24.3 Å². The first-order chi connectivity index (χ1) is 7.74. The van der Waals surface area contributed by atoms with Gasteiger partial charge in [0.1, 0.15) is 0 Å². The minimum absolute atomic E-state index is 0.423. The van der Waals surface area contributed by atoms with E-state index in [1.165, 1.54) is 12.8 Å². The number of hydrogen-bond donors (Lipinski definition) is 1. The third kappa shape index (κ3) is 1.90. The quantitative estimate of drug-likeness (QED) is 0.853. The summed E-state index contributed by atoms with van der Waals surface area (Å²) in [6, 6.07) is 8.55. The van der Waals surface area contributed by atoms with Crippen LogP contribution in [0.4, 0.5) is 5.95 Å². The molecule has 0 aliphatic rings. The van der Waals surface area contributed by atoms with Crippen LogP contribution in [0.3, 0.4) is 0 Å². The summed E-state index contributed by atoms with van der Waals surface area (Å²) in [5, 5.41) is 0. The van der Waals surface area contributed by atoms with Crippen LogP contribution in [-0.4, -0.2) is 9.55 Å². The molecule has 16 heavy (non-hydrogen) atoms. The second-order valence-electron chi connectivity index (χ2n) is 4.32. The van der Waals surface area contributed by atoms with Crippen LogP contribution in [0.2, 0.25) is 0 Å². The summed E-state index contributed by atoms with van der Waals surface area (Å²) >= 11 is 0. The maximum Gasteiger partial charge on any atom is 0.201 e. The molecule has 0 bridgehead atoms. The van der Waals surface area contributed by atoms with Crippen molar-refractivity contribution in [3.8, 4) is 0 Å². The molecule has 0 aliphatic carbocycles. The first-order valence-electron chi connectivity index (χ1n) is 5.96. The summed E-state index contributed by atoms with van der Waals surface area (Å²) in [7, 11) is 0. The van der Waals surface area contributed by atoms with Crippen molar-refractivity contribution in [1.29, 1.82) is 0 Å². The zero-order valence-electron chi connectivity index (χ0n) is 9.98. The molecule has 2 rings (SSSR count). The zero-order chi connectivity index (χ0) is 11.5. The third-order valence-corrected chi connectivity index (χ3v) is 3.04. The zero-order valence-corrected chi connectivity index (χ0v) is 9.98. The normalized spacial score (nSPS) is 13.1. The molecule has 0 spiro atoms. The second kappa shape index (κ2) is 4.56. The largest absolute Gasteiger partial charge is 0.369 e. The van der Waals surface area contributed by atoms with Gasteiger partial charge in [-0.15, -0.1) is 0 Å². The molecular weight excluding hydrogens is 198 g/mol. The van der Waals surface area contributed by atoms with Gasteiger partial charge in [0.15, 0.2) is 0 Å². The number of nitrogens with two attached hydrogens (primary N) is 1. The van der Waals surface area contributed by atoms with Crippen molar-refractivity contribution >= 4 is 17.0 Å².